The summed E-state index contributed by atoms with van der Waals surface area (Å²) in [6.07, 6.45) is 3.21. The quantitative estimate of drug-likeness (QED) is 0.454. The molecule has 2 aromatic heterocycles. The summed E-state index contributed by atoms with van der Waals surface area (Å²) in [5, 5.41) is 22.3. The molecule has 1 aromatic carbocycles. The first-order chi connectivity index (χ1) is 12.8. The van der Waals surface area contributed by atoms with Crippen molar-refractivity contribution >= 4 is 44.9 Å². The lowest BCUT2D eigenvalue weighted by molar-refractivity contribution is -0.390. The molecule has 2 heterocycles. The van der Waals surface area contributed by atoms with Crippen molar-refractivity contribution in [2.45, 2.75) is 20.0 Å². The van der Waals surface area contributed by atoms with Gasteiger partial charge in [0.1, 0.15) is 11.0 Å². The number of hydrogen-bond acceptors (Lipinski definition) is 5. The number of halogens is 2. The minimum Gasteiger partial charge on any atom is -0.358 e. The van der Waals surface area contributed by atoms with Crippen LogP contribution in [0.1, 0.15) is 11.3 Å². The van der Waals surface area contributed by atoms with Crippen molar-refractivity contribution in [3.8, 4) is 0 Å². The second-order valence-corrected chi connectivity index (χ2v) is 6.97. The van der Waals surface area contributed by atoms with Crippen LogP contribution in [0.15, 0.2) is 41.1 Å². The Morgan fingerprint density at radius 2 is 2.22 bits per heavy atom. The van der Waals surface area contributed by atoms with E-state index in [1.165, 1.54) is 10.9 Å². The Bertz CT molecular complexity index is 1020. The number of rotatable bonds is 6. The molecule has 1 amide bonds. The van der Waals surface area contributed by atoms with Crippen molar-refractivity contribution in [2.24, 2.45) is 0 Å². The Morgan fingerprint density at radius 3 is 2.89 bits per heavy atom. The topological polar surface area (TPSA) is 108 Å². The minimum atomic E-state index is -0.606. The van der Waals surface area contributed by atoms with Gasteiger partial charge in [-0.3, -0.25) is 9.48 Å². The molecule has 0 radical (unpaired) electrons. The Kier molecular flexibility index (Phi) is 5.57. The Labute approximate surface area is 167 Å². The molecule has 0 spiro atoms. The Morgan fingerprint density at radius 1 is 1.44 bits per heavy atom. The van der Waals surface area contributed by atoms with E-state index in [2.05, 4.69) is 31.4 Å². The van der Waals surface area contributed by atoms with Crippen LogP contribution in [0.5, 0.6) is 0 Å². The van der Waals surface area contributed by atoms with Crippen LogP contribution in [-0.4, -0.2) is 30.4 Å². The van der Waals surface area contributed by atoms with Gasteiger partial charge in [0, 0.05) is 11.2 Å². The lowest BCUT2D eigenvalue weighted by Crippen LogP contribution is -2.20. The third-order valence-electron chi connectivity index (χ3n) is 3.73. The maximum Gasteiger partial charge on any atom is 0.404 e. The highest BCUT2D eigenvalue weighted by Crippen LogP contribution is 2.26. The van der Waals surface area contributed by atoms with Crippen molar-refractivity contribution in [3.63, 3.8) is 0 Å². The maximum absolute atomic E-state index is 12.2. The molecule has 0 aliphatic rings. The lowest BCUT2D eigenvalue weighted by atomic mass is 10.2. The molecular weight excluding hydrogens is 440 g/mol. The van der Waals surface area contributed by atoms with Gasteiger partial charge in [-0.15, -0.1) is 0 Å². The first kappa shape index (κ1) is 19.1. The van der Waals surface area contributed by atoms with Crippen LogP contribution in [0.2, 0.25) is 5.02 Å². The number of carbonyl (C=O) groups is 1. The molecular formula is C16H14BrClN6O3. The fraction of sp³-hybridized carbons (Fsp3) is 0.188. The molecule has 11 heteroatoms. The highest BCUT2D eigenvalue weighted by Gasteiger charge is 2.24. The zero-order valence-electron chi connectivity index (χ0n) is 14.1. The summed E-state index contributed by atoms with van der Waals surface area (Å²) in [6.45, 7) is 1.99. The monoisotopic (exact) mass is 452 g/mol. The van der Waals surface area contributed by atoms with E-state index < -0.39 is 4.92 Å². The fourth-order valence-corrected chi connectivity index (χ4v) is 3.09. The molecule has 0 aliphatic carbocycles. The molecule has 1 N–H and O–H groups in total. The molecule has 3 aromatic rings. The van der Waals surface area contributed by atoms with Gasteiger partial charge in [0.15, 0.2) is 0 Å². The first-order valence-electron chi connectivity index (χ1n) is 7.77. The van der Waals surface area contributed by atoms with Crippen LogP contribution in [0.3, 0.4) is 0 Å². The number of aromatic nitrogens is 4. The largest absolute Gasteiger partial charge is 0.404 e. The summed E-state index contributed by atoms with van der Waals surface area (Å²) < 4.78 is 3.20. The van der Waals surface area contributed by atoms with Crippen LogP contribution in [0.25, 0.3) is 0 Å². The highest BCUT2D eigenvalue weighted by atomic mass is 79.9. The Hall–Kier alpha value is -2.72. The normalized spacial score (nSPS) is 10.8. The van der Waals surface area contributed by atoms with Crippen LogP contribution >= 0.6 is 27.5 Å². The van der Waals surface area contributed by atoms with Gasteiger partial charge in [-0.1, -0.05) is 23.7 Å². The SMILES string of the molecule is Cc1c(Br)c([N+](=O)[O-])nn1CC(=O)Nc1cnn(Cc2cccc(Cl)c2)c1. The van der Waals surface area contributed by atoms with Gasteiger partial charge in [0.05, 0.1) is 29.2 Å². The second kappa shape index (κ2) is 7.89. The molecule has 0 saturated heterocycles. The van der Waals surface area contributed by atoms with E-state index >= 15 is 0 Å². The van der Waals surface area contributed by atoms with Gasteiger partial charge in [0.25, 0.3) is 0 Å². The van der Waals surface area contributed by atoms with Gasteiger partial charge in [-0.2, -0.15) is 9.78 Å². The lowest BCUT2D eigenvalue weighted by Gasteiger charge is -2.03. The first-order valence-corrected chi connectivity index (χ1v) is 8.94. The van der Waals surface area contributed by atoms with E-state index in [4.69, 9.17) is 11.6 Å². The molecule has 0 atom stereocenters. The van der Waals surface area contributed by atoms with Gasteiger partial charge in [-0.25, -0.2) is 0 Å². The third-order valence-corrected chi connectivity index (χ3v) is 4.90. The maximum atomic E-state index is 12.2. The molecule has 0 bridgehead atoms. The van der Waals surface area contributed by atoms with Crippen LogP contribution in [-0.2, 0) is 17.9 Å². The summed E-state index contributed by atoms with van der Waals surface area (Å²) >= 11 is 9.09. The minimum absolute atomic E-state index is 0.155. The number of nitrogens with zero attached hydrogens (tertiary/aromatic N) is 5. The smallest absolute Gasteiger partial charge is 0.358 e. The van der Waals surface area contributed by atoms with Crippen LogP contribution in [0.4, 0.5) is 11.5 Å². The highest BCUT2D eigenvalue weighted by molar-refractivity contribution is 9.10. The summed E-state index contributed by atoms with van der Waals surface area (Å²) in [7, 11) is 0. The average molecular weight is 454 g/mol. The standard InChI is InChI=1S/C16H14BrClN6O3/c1-10-15(17)16(24(26)27)21-23(10)9-14(25)20-13-6-19-22(8-13)7-11-3-2-4-12(18)5-11/h2-6,8H,7,9H2,1H3,(H,20,25). The van der Waals surface area contributed by atoms with Crippen LogP contribution in [0, 0.1) is 17.0 Å². The van der Waals surface area contributed by atoms with Gasteiger partial charge < -0.3 is 15.4 Å². The van der Waals surface area contributed by atoms with E-state index in [0.717, 1.165) is 5.56 Å². The predicted octanol–water partition coefficient (Wildman–Crippen LogP) is 3.40. The molecule has 0 fully saturated rings. The third kappa shape index (κ3) is 4.52. The summed E-state index contributed by atoms with van der Waals surface area (Å²) in [6, 6.07) is 7.41. The van der Waals surface area contributed by atoms with Crippen molar-refractivity contribution < 1.29 is 9.72 Å². The van der Waals surface area contributed by atoms with Gasteiger partial charge in [0.2, 0.25) is 5.91 Å². The number of amides is 1. The molecule has 140 valence electrons. The predicted molar refractivity (Wildman–Crippen MR) is 103 cm³/mol. The van der Waals surface area contributed by atoms with Crippen molar-refractivity contribution in [2.75, 3.05) is 5.32 Å². The molecule has 27 heavy (non-hydrogen) atoms. The number of hydrogen-bond donors (Lipinski definition) is 1. The van der Waals surface area contributed by atoms with E-state index in [1.54, 1.807) is 23.9 Å². The Balaban J connectivity index is 1.64. The molecule has 9 nitrogen and oxygen atoms in total. The molecule has 0 aliphatic heterocycles. The van der Waals surface area contributed by atoms with Crippen molar-refractivity contribution in [3.05, 3.63) is 67.5 Å². The molecule has 0 saturated carbocycles. The number of benzene rings is 1. The summed E-state index contributed by atoms with van der Waals surface area (Å²) in [5.41, 5.74) is 1.99. The molecule has 0 unspecified atom stereocenters. The van der Waals surface area contributed by atoms with Crippen molar-refractivity contribution in [1.29, 1.82) is 0 Å². The number of anilines is 1. The van der Waals surface area contributed by atoms with E-state index in [9.17, 15) is 14.9 Å². The zero-order valence-corrected chi connectivity index (χ0v) is 16.4. The molecule has 3 rings (SSSR count). The fourth-order valence-electron chi connectivity index (χ4n) is 2.45. The average Bonchev–Trinajstić information content (AvgIpc) is 3.14. The summed E-state index contributed by atoms with van der Waals surface area (Å²) in [5.74, 6) is -0.694. The van der Waals surface area contributed by atoms with Crippen molar-refractivity contribution in [1.82, 2.24) is 19.6 Å². The van der Waals surface area contributed by atoms with Gasteiger partial charge >= 0.3 is 5.82 Å². The number of nitro groups is 1. The van der Waals surface area contributed by atoms with Crippen LogP contribution < -0.4 is 5.32 Å². The summed E-state index contributed by atoms with van der Waals surface area (Å²) in [4.78, 5) is 22.5. The van der Waals surface area contributed by atoms with E-state index in [-0.39, 0.29) is 22.7 Å². The van der Waals surface area contributed by atoms with E-state index in [0.29, 0.717) is 22.9 Å². The number of nitrogens with one attached hydrogen (secondary N) is 1. The zero-order chi connectivity index (χ0) is 19.6. The van der Waals surface area contributed by atoms with Gasteiger partial charge in [-0.05, 0) is 45.5 Å². The second-order valence-electron chi connectivity index (χ2n) is 5.74. The number of carbonyl (C=O) groups excluding carboxylic acids is 1. The van der Waals surface area contributed by atoms with E-state index in [1.807, 2.05) is 18.2 Å².